The van der Waals surface area contributed by atoms with Gasteiger partial charge in [0.1, 0.15) is 11.5 Å². The van der Waals surface area contributed by atoms with Crippen molar-refractivity contribution in [2.75, 3.05) is 24.8 Å². The van der Waals surface area contributed by atoms with E-state index in [0.717, 1.165) is 11.3 Å². The summed E-state index contributed by atoms with van der Waals surface area (Å²) in [7, 11) is 1.57. The second kappa shape index (κ2) is 11.4. The van der Waals surface area contributed by atoms with Crippen LogP contribution in [0.15, 0.2) is 66.3 Å². The van der Waals surface area contributed by atoms with Gasteiger partial charge in [0, 0.05) is 12.1 Å². The first kappa shape index (κ1) is 23.4. The number of allylic oxidation sites excluding steroid dienone is 1. The van der Waals surface area contributed by atoms with E-state index in [1.807, 2.05) is 41.0 Å². The fraction of sp³-hybridized carbons (Fsp3) is 0.292. The molecule has 0 atom stereocenters. The van der Waals surface area contributed by atoms with Crippen molar-refractivity contribution in [3.63, 3.8) is 0 Å². The lowest BCUT2D eigenvalue weighted by molar-refractivity contribution is -0.113. The monoisotopic (exact) mass is 452 g/mol. The van der Waals surface area contributed by atoms with Gasteiger partial charge in [-0.2, -0.15) is 0 Å². The number of anilines is 1. The summed E-state index contributed by atoms with van der Waals surface area (Å²) in [5.74, 6) is 2.65. The lowest BCUT2D eigenvalue weighted by Gasteiger charge is -2.11. The van der Waals surface area contributed by atoms with Crippen LogP contribution in [0.3, 0.4) is 0 Å². The van der Waals surface area contributed by atoms with Gasteiger partial charge in [-0.3, -0.25) is 9.36 Å². The van der Waals surface area contributed by atoms with Gasteiger partial charge in [0.2, 0.25) is 5.91 Å². The van der Waals surface area contributed by atoms with Crippen LogP contribution in [-0.4, -0.2) is 40.1 Å². The minimum absolute atomic E-state index is 0.152. The lowest BCUT2D eigenvalue weighted by atomic mass is 10.2. The van der Waals surface area contributed by atoms with Crippen molar-refractivity contribution in [3.8, 4) is 22.9 Å². The van der Waals surface area contributed by atoms with Crippen molar-refractivity contribution in [3.05, 3.63) is 61.2 Å². The Hall–Kier alpha value is -3.26. The Bertz CT molecular complexity index is 1050. The number of nitrogens with one attached hydrogen (secondary N) is 1. The molecule has 0 unspecified atom stereocenters. The van der Waals surface area contributed by atoms with Crippen molar-refractivity contribution < 1.29 is 14.3 Å². The molecule has 7 nitrogen and oxygen atoms in total. The van der Waals surface area contributed by atoms with Crippen molar-refractivity contribution in [1.82, 2.24) is 14.8 Å². The number of benzene rings is 2. The van der Waals surface area contributed by atoms with Crippen LogP contribution in [0.1, 0.15) is 13.8 Å². The molecule has 0 bridgehead atoms. The number of amides is 1. The number of ether oxygens (including phenoxy) is 2. The number of rotatable bonds is 11. The van der Waals surface area contributed by atoms with E-state index < -0.39 is 0 Å². The molecule has 168 valence electrons. The van der Waals surface area contributed by atoms with E-state index in [2.05, 4.69) is 35.9 Å². The lowest BCUT2D eigenvalue weighted by Crippen LogP contribution is -2.15. The van der Waals surface area contributed by atoms with Crippen LogP contribution in [0, 0.1) is 5.92 Å². The minimum Gasteiger partial charge on any atom is -0.495 e. The van der Waals surface area contributed by atoms with E-state index in [0.29, 0.717) is 41.5 Å². The smallest absolute Gasteiger partial charge is 0.234 e. The van der Waals surface area contributed by atoms with Crippen molar-refractivity contribution in [1.29, 1.82) is 0 Å². The first-order chi connectivity index (χ1) is 15.5. The summed E-state index contributed by atoms with van der Waals surface area (Å²) in [5, 5.41) is 12.2. The van der Waals surface area contributed by atoms with Crippen LogP contribution >= 0.6 is 11.8 Å². The molecule has 1 aromatic heterocycles. The first-order valence-corrected chi connectivity index (χ1v) is 11.3. The zero-order valence-electron chi connectivity index (χ0n) is 18.6. The Kier molecular flexibility index (Phi) is 8.33. The van der Waals surface area contributed by atoms with Gasteiger partial charge in [0.05, 0.1) is 25.2 Å². The second-order valence-electron chi connectivity index (χ2n) is 7.47. The van der Waals surface area contributed by atoms with E-state index in [4.69, 9.17) is 9.47 Å². The fourth-order valence-corrected chi connectivity index (χ4v) is 3.68. The molecule has 0 aliphatic rings. The van der Waals surface area contributed by atoms with Gasteiger partial charge in [-0.05, 0) is 42.3 Å². The molecule has 32 heavy (non-hydrogen) atoms. The maximum absolute atomic E-state index is 12.5. The SMILES string of the molecule is C=CCn1c(SCC(=O)Nc2ccccc2OC)nnc1-c1ccc(OCC(C)C)cc1. The number of hydrogen-bond acceptors (Lipinski definition) is 6. The normalized spacial score (nSPS) is 10.8. The molecule has 0 spiro atoms. The summed E-state index contributed by atoms with van der Waals surface area (Å²) in [5.41, 5.74) is 1.55. The molecular formula is C24H28N4O3S. The van der Waals surface area contributed by atoms with Gasteiger partial charge < -0.3 is 14.8 Å². The molecule has 0 fully saturated rings. The van der Waals surface area contributed by atoms with Gasteiger partial charge in [0.15, 0.2) is 11.0 Å². The molecule has 3 aromatic rings. The Morgan fingerprint density at radius 1 is 1.19 bits per heavy atom. The van der Waals surface area contributed by atoms with E-state index in [1.54, 1.807) is 25.3 Å². The second-order valence-corrected chi connectivity index (χ2v) is 8.41. The van der Waals surface area contributed by atoms with Crippen LogP contribution < -0.4 is 14.8 Å². The first-order valence-electron chi connectivity index (χ1n) is 10.3. The average Bonchev–Trinajstić information content (AvgIpc) is 3.20. The van der Waals surface area contributed by atoms with Crippen molar-refractivity contribution in [2.24, 2.45) is 5.92 Å². The van der Waals surface area contributed by atoms with E-state index >= 15 is 0 Å². The Morgan fingerprint density at radius 3 is 2.62 bits per heavy atom. The highest BCUT2D eigenvalue weighted by Crippen LogP contribution is 2.27. The molecule has 2 aromatic carbocycles. The largest absolute Gasteiger partial charge is 0.495 e. The maximum atomic E-state index is 12.5. The van der Waals surface area contributed by atoms with Gasteiger partial charge in [0.25, 0.3) is 0 Å². The number of nitrogens with zero attached hydrogens (tertiary/aromatic N) is 3. The number of para-hydroxylation sites is 2. The molecule has 0 radical (unpaired) electrons. The van der Waals surface area contributed by atoms with E-state index in [9.17, 15) is 4.79 Å². The Morgan fingerprint density at radius 2 is 1.94 bits per heavy atom. The van der Waals surface area contributed by atoms with Crippen LogP contribution in [0.5, 0.6) is 11.5 Å². The molecule has 0 saturated heterocycles. The minimum atomic E-state index is -0.152. The third-order valence-corrected chi connectivity index (χ3v) is 5.40. The number of hydrogen-bond donors (Lipinski definition) is 1. The molecule has 8 heteroatoms. The van der Waals surface area contributed by atoms with Crippen LogP contribution in [-0.2, 0) is 11.3 Å². The van der Waals surface area contributed by atoms with Crippen LogP contribution in [0.25, 0.3) is 11.4 Å². The number of aromatic nitrogens is 3. The van der Waals surface area contributed by atoms with Crippen LogP contribution in [0.2, 0.25) is 0 Å². The molecule has 1 N–H and O–H groups in total. The standard InChI is InChI=1S/C24H28N4O3S/c1-5-14-28-23(18-10-12-19(13-11-18)31-15-17(2)3)26-27-24(28)32-16-22(29)25-20-8-6-7-9-21(20)30-4/h5-13,17H,1,14-16H2,2-4H3,(H,25,29). The van der Waals surface area contributed by atoms with Crippen LogP contribution in [0.4, 0.5) is 5.69 Å². The van der Waals surface area contributed by atoms with Gasteiger partial charge >= 0.3 is 0 Å². The van der Waals surface area contributed by atoms with Crippen molar-refractivity contribution >= 4 is 23.4 Å². The molecular weight excluding hydrogens is 424 g/mol. The summed E-state index contributed by atoms with van der Waals surface area (Å²) in [6.45, 7) is 9.27. The zero-order chi connectivity index (χ0) is 22.9. The number of thioether (sulfide) groups is 1. The highest BCUT2D eigenvalue weighted by Gasteiger charge is 2.16. The summed E-state index contributed by atoms with van der Waals surface area (Å²) in [6, 6.07) is 15.1. The Labute approximate surface area is 192 Å². The fourth-order valence-electron chi connectivity index (χ4n) is 2.93. The topological polar surface area (TPSA) is 78.3 Å². The summed E-state index contributed by atoms with van der Waals surface area (Å²) < 4.78 is 13.0. The van der Waals surface area contributed by atoms with Gasteiger partial charge in [-0.1, -0.05) is 43.8 Å². The number of methoxy groups -OCH3 is 1. The average molecular weight is 453 g/mol. The van der Waals surface area contributed by atoms with E-state index in [1.165, 1.54) is 11.8 Å². The molecule has 1 heterocycles. The van der Waals surface area contributed by atoms with E-state index in [-0.39, 0.29) is 11.7 Å². The Balaban J connectivity index is 1.69. The number of carbonyl (C=O) groups is 1. The molecule has 0 saturated carbocycles. The predicted molar refractivity (Wildman–Crippen MR) is 128 cm³/mol. The molecule has 0 aliphatic heterocycles. The molecule has 0 aliphatic carbocycles. The molecule has 1 amide bonds. The number of carbonyl (C=O) groups excluding carboxylic acids is 1. The van der Waals surface area contributed by atoms with Gasteiger partial charge in [-0.15, -0.1) is 16.8 Å². The van der Waals surface area contributed by atoms with Crippen molar-refractivity contribution in [2.45, 2.75) is 25.5 Å². The van der Waals surface area contributed by atoms with Gasteiger partial charge in [-0.25, -0.2) is 0 Å². The zero-order valence-corrected chi connectivity index (χ0v) is 19.4. The third-order valence-electron chi connectivity index (χ3n) is 4.44. The summed E-state index contributed by atoms with van der Waals surface area (Å²) in [4.78, 5) is 12.5. The molecule has 3 rings (SSSR count). The quantitative estimate of drug-likeness (QED) is 0.329. The highest BCUT2D eigenvalue weighted by atomic mass is 32.2. The predicted octanol–water partition coefficient (Wildman–Crippen LogP) is 4.91. The third kappa shape index (κ3) is 6.13. The summed E-state index contributed by atoms with van der Waals surface area (Å²) >= 11 is 1.32. The maximum Gasteiger partial charge on any atom is 0.234 e. The summed E-state index contributed by atoms with van der Waals surface area (Å²) in [6.07, 6.45) is 1.78. The highest BCUT2D eigenvalue weighted by molar-refractivity contribution is 7.99.